The van der Waals surface area contributed by atoms with Gasteiger partial charge in [-0.25, -0.2) is 8.42 Å². The van der Waals surface area contributed by atoms with Gasteiger partial charge in [-0.05, 0) is 24.8 Å². The maximum atomic E-state index is 11.2. The molecule has 0 saturated heterocycles. The molecule has 0 spiro atoms. The Morgan fingerprint density at radius 2 is 1.86 bits per heavy atom. The largest absolute Gasteiger partial charge is 0.356 e. The molecule has 0 aliphatic heterocycles. The first-order valence-electron chi connectivity index (χ1n) is 7.51. The summed E-state index contributed by atoms with van der Waals surface area (Å²) in [5, 5.41) is 6.51. The number of aliphatic imine (C=N–C) groups is 1. The van der Waals surface area contributed by atoms with Crippen LogP contribution in [0.4, 0.5) is 0 Å². The molecule has 0 saturated carbocycles. The molecule has 0 aliphatic rings. The van der Waals surface area contributed by atoms with E-state index in [1.165, 1.54) is 11.8 Å². The standard InChI is InChI=1S/C16H27N3O2S/c1-13(15-8-6-5-7-9-15)12-18-16(17-3)19-14(2)10-11-22(4,20)21/h5-9,13-14H,10-12H2,1-4H3,(H2,17,18,19). The van der Waals surface area contributed by atoms with Crippen molar-refractivity contribution in [3.63, 3.8) is 0 Å². The van der Waals surface area contributed by atoms with Gasteiger partial charge in [-0.15, -0.1) is 0 Å². The van der Waals surface area contributed by atoms with E-state index in [9.17, 15) is 8.42 Å². The minimum absolute atomic E-state index is 0.0490. The highest BCUT2D eigenvalue weighted by Gasteiger charge is 2.10. The second-order valence-corrected chi connectivity index (χ2v) is 7.99. The minimum Gasteiger partial charge on any atom is -0.356 e. The van der Waals surface area contributed by atoms with Crippen LogP contribution in [0.1, 0.15) is 31.7 Å². The molecule has 0 aliphatic carbocycles. The normalized spacial score (nSPS) is 15.2. The number of guanidine groups is 1. The maximum absolute atomic E-state index is 11.2. The van der Waals surface area contributed by atoms with E-state index < -0.39 is 9.84 Å². The van der Waals surface area contributed by atoms with Gasteiger partial charge >= 0.3 is 0 Å². The van der Waals surface area contributed by atoms with Crippen molar-refractivity contribution in [3.05, 3.63) is 35.9 Å². The number of hydrogen-bond acceptors (Lipinski definition) is 3. The Morgan fingerprint density at radius 1 is 1.23 bits per heavy atom. The lowest BCUT2D eigenvalue weighted by molar-refractivity contribution is 0.579. The van der Waals surface area contributed by atoms with Crippen LogP contribution in [0.3, 0.4) is 0 Å². The Kier molecular flexibility index (Phi) is 7.38. The third kappa shape index (κ3) is 7.45. The predicted octanol–water partition coefficient (Wildman–Crippen LogP) is 1.78. The highest BCUT2D eigenvalue weighted by Crippen LogP contribution is 2.12. The molecule has 0 heterocycles. The van der Waals surface area contributed by atoms with Crippen LogP contribution in [0.15, 0.2) is 35.3 Å². The second-order valence-electron chi connectivity index (χ2n) is 5.73. The number of nitrogens with one attached hydrogen (secondary N) is 2. The molecule has 0 fully saturated rings. The summed E-state index contributed by atoms with van der Waals surface area (Å²) in [6, 6.07) is 10.3. The molecular formula is C16H27N3O2S. The lowest BCUT2D eigenvalue weighted by atomic mass is 10.0. The Bertz CT molecular complexity index is 570. The molecule has 22 heavy (non-hydrogen) atoms. The quantitative estimate of drug-likeness (QED) is 0.592. The van der Waals surface area contributed by atoms with E-state index in [-0.39, 0.29) is 11.8 Å². The van der Waals surface area contributed by atoms with Crippen molar-refractivity contribution in [2.45, 2.75) is 32.2 Å². The van der Waals surface area contributed by atoms with Gasteiger partial charge < -0.3 is 10.6 Å². The highest BCUT2D eigenvalue weighted by atomic mass is 32.2. The molecule has 1 aromatic rings. The van der Waals surface area contributed by atoms with Crippen molar-refractivity contribution < 1.29 is 8.42 Å². The molecule has 1 rings (SSSR count). The molecule has 6 heteroatoms. The minimum atomic E-state index is -2.92. The van der Waals surface area contributed by atoms with Gasteiger partial charge in [-0.3, -0.25) is 4.99 Å². The van der Waals surface area contributed by atoms with Crippen LogP contribution in [0.5, 0.6) is 0 Å². The molecule has 0 radical (unpaired) electrons. The van der Waals surface area contributed by atoms with Crippen LogP contribution in [-0.2, 0) is 9.84 Å². The summed E-state index contributed by atoms with van der Waals surface area (Å²) in [5.74, 6) is 1.24. The summed E-state index contributed by atoms with van der Waals surface area (Å²) in [6.45, 7) is 4.88. The van der Waals surface area contributed by atoms with Gasteiger partial charge in [0.15, 0.2) is 5.96 Å². The number of sulfone groups is 1. The van der Waals surface area contributed by atoms with Crippen LogP contribution >= 0.6 is 0 Å². The van der Waals surface area contributed by atoms with Crippen molar-refractivity contribution in [2.24, 2.45) is 4.99 Å². The van der Waals surface area contributed by atoms with Gasteiger partial charge in [0.1, 0.15) is 9.84 Å². The van der Waals surface area contributed by atoms with Crippen LogP contribution in [-0.4, -0.2) is 46.0 Å². The van der Waals surface area contributed by atoms with E-state index in [1.807, 2.05) is 25.1 Å². The number of rotatable bonds is 7. The molecule has 0 aromatic heterocycles. The fourth-order valence-electron chi connectivity index (χ4n) is 2.04. The Labute approximate surface area is 134 Å². The van der Waals surface area contributed by atoms with Gasteiger partial charge in [-0.2, -0.15) is 0 Å². The lowest BCUT2D eigenvalue weighted by Crippen LogP contribution is -2.43. The first kappa shape index (κ1) is 18.5. The zero-order valence-corrected chi connectivity index (χ0v) is 14.7. The first-order chi connectivity index (χ1) is 10.3. The van der Waals surface area contributed by atoms with Crippen molar-refractivity contribution >= 4 is 15.8 Å². The average molecular weight is 325 g/mol. The van der Waals surface area contributed by atoms with E-state index in [4.69, 9.17) is 0 Å². The van der Waals surface area contributed by atoms with E-state index in [0.717, 1.165) is 6.54 Å². The Hall–Kier alpha value is -1.56. The van der Waals surface area contributed by atoms with Crippen molar-refractivity contribution in [2.75, 3.05) is 25.6 Å². The van der Waals surface area contributed by atoms with Crippen molar-refractivity contribution in [1.82, 2.24) is 10.6 Å². The zero-order chi connectivity index (χ0) is 16.6. The summed E-state index contributed by atoms with van der Waals surface area (Å²) >= 11 is 0. The molecule has 0 amide bonds. The topological polar surface area (TPSA) is 70.6 Å². The van der Waals surface area contributed by atoms with Crippen molar-refractivity contribution in [1.29, 1.82) is 0 Å². The van der Waals surface area contributed by atoms with Gasteiger partial charge in [0, 0.05) is 25.9 Å². The second kappa shape index (κ2) is 8.78. The van der Waals surface area contributed by atoms with Crippen LogP contribution < -0.4 is 10.6 Å². The van der Waals surface area contributed by atoms with Gasteiger partial charge in [0.05, 0.1) is 5.75 Å². The van der Waals surface area contributed by atoms with E-state index in [2.05, 4.69) is 34.7 Å². The smallest absolute Gasteiger partial charge is 0.191 e. The molecule has 124 valence electrons. The Balaban J connectivity index is 2.42. The average Bonchev–Trinajstić information content (AvgIpc) is 2.49. The summed E-state index contributed by atoms with van der Waals surface area (Å²) in [7, 11) is -1.21. The third-order valence-corrected chi connectivity index (χ3v) is 4.45. The third-order valence-electron chi connectivity index (χ3n) is 3.47. The first-order valence-corrected chi connectivity index (χ1v) is 9.57. The fourth-order valence-corrected chi connectivity index (χ4v) is 2.82. The van der Waals surface area contributed by atoms with Gasteiger partial charge in [0.25, 0.3) is 0 Å². The molecule has 1 aromatic carbocycles. The molecule has 2 unspecified atom stereocenters. The summed E-state index contributed by atoms with van der Waals surface area (Å²) in [5.41, 5.74) is 1.27. The zero-order valence-electron chi connectivity index (χ0n) is 13.8. The molecule has 0 bridgehead atoms. The summed E-state index contributed by atoms with van der Waals surface area (Å²) in [6.07, 6.45) is 1.82. The van der Waals surface area contributed by atoms with Crippen molar-refractivity contribution in [3.8, 4) is 0 Å². The fraction of sp³-hybridized carbons (Fsp3) is 0.562. The van der Waals surface area contributed by atoms with Gasteiger partial charge in [-0.1, -0.05) is 37.3 Å². The Morgan fingerprint density at radius 3 is 2.41 bits per heavy atom. The maximum Gasteiger partial charge on any atom is 0.191 e. The summed E-state index contributed by atoms with van der Waals surface area (Å²) < 4.78 is 22.4. The lowest BCUT2D eigenvalue weighted by Gasteiger charge is -2.20. The van der Waals surface area contributed by atoms with E-state index in [0.29, 0.717) is 18.3 Å². The molecule has 5 nitrogen and oxygen atoms in total. The predicted molar refractivity (Wildman–Crippen MR) is 93.1 cm³/mol. The van der Waals surface area contributed by atoms with Gasteiger partial charge in [0.2, 0.25) is 0 Å². The SMILES string of the molecule is CN=C(NCC(C)c1ccccc1)NC(C)CCS(C)(=O)=O. The van der Waals surface area contributed by atoms with E-state index >= 15 is 0 Å². The molecular weight excluding hydrogens is 298 g/mol. The van der Waals surface area contributed by atoms with Crippen LogP contribution in [0.2, 0.25) is 0 Å². The van der Waals surface area contributed by atoms with Crippen LogP contribution in [0.25, 0.3) is 0 Å². The molecule has 2 atom stereocenters. The highest BCUT2D eigenvalue weighted by molar-refractivity contribution is 7.90. The number of hydrogen-bond donors (Lipinski definition) is 2. The van der Waals surface area contributed by atoms with E-state index in [1.54, 1.807) is 7.05 Å². The summed E-state index contributed by atoms with van der Waals surface area (Å²) in [4.78, 5) is 4.18. The van der Waals surface area contributed by atoms with Crippen LogP contribution in [0, 0.1) is 0 Å². The number of benzene rings is 1. The monoisotopic (exact) mass is 325 g/mol. The molecule has 2 N–H and O–H groups in total. The number of nitrogens with zero attached hydrogens (tertiary/aromatic N) is 1.